The minimum atomic E-state index is -0.0309. The maximum atomic E-state index is 6.45. The Morgan fingerprint density at radius 2 is 2.06 bits per heavy atom. The maximum Gasteiger partial charge on any atom is 0.0192 e. The van der Waals surface area contributed by atoms with Gasteiger partial charge in [-0.1, -0.05) is 54.8 Å². The third-order valence-electron chi connectivity index (χ3n) is 3.18. The smallest absolute Gasteiger partial charge is 0.0192 e. The minimum absolute atomic E-state index is 0.0309. The van der Waals surface area contributed by atoms with Gasteiger partial charge in [-0.15, -0.1) is 0 Å². The van der Waals surface area contributed by atoms with E-state index in [0.717, 1.165) is 23.7 Å². The lowest BCUT2D eigenvalue weighted by molar-refractivity contribution is 0.365. The van der Waals surface area contributed by atoms with Crippen LogP contribution in [0.25, 0.3) is 0 Å². The fourth-order valence-electron chi connectivity index (χ4n) is 1.97. The van der Waals surface area contributed by atoms with Crippen LogP contribution in [0.15, 0.2) is 28.7 Å². The fraction of sp³-hybridized carbons (Fsp3) is 0.571. The highest BCUT2D eigenvalue weighted by Gasteiger charge is 2.22. The number of nitrogens with two attached hydrogens (primary N) is 1. The highest BCUT2D eigenvalue weighted by molar-refractivity contribution is 9.10. The van der Waals surface area contributed by atoms with Gasteiger partial charge in [0, 0.05) is 10.0 Å². The summed E-state index contributed by atoms with van der Waals surface area (Å²) in [6.07, 6.45) is 5.57. The highest BCUT2D eigenvalue weighted by Crippen LogP contribution is 2.22. The van der Waals surface area contributed by atoms with Crippen LogP contribution >= 0.6 is 15.9 Å². The molecule has 0 radical (unpaired) electrons. The molecule has 0 amide bonds. The van der Waals surface area contributed by atoms with E-state index in [1.54, 1.807) is 0 Å². The number of benzene rings is 1. The Hall–Kier alpha value is -0.340. The number of hydrogen-bond donors (Lipinski definition) is 1. The van der Waals surface area contributed by atoms with Crippen LogP contribution in [-0.2, 0) is 6.42 Å². The van der Waals surface area contributed by atoms with Gasteiger partial charge in [-0.05, 0) is 37.0 Å². The van der Waals surface area contributed by atoms with E-state index in [0.29, 0.717) is 0 Å². The lowest BCUT2D eigenvalue weighted by atomic mass is 9.85. The lowest BCUT2D eigenvalue weighted by Gasteiger charge is -2.28. The molecule has 0 heterocycles. The van der Waals surface area contributed by atoms with Gasteiger partial charge >= 0.3 is 0 Å². The second-order valence-corrected chi connectivity index (χ2v) is 5.54. The first kappa shape index (κ1) is 13.7. The fourth-order valence-corrected chi connectivity index (χ4v) is 2.42. The Kier molecular flexibility index (Phi) is 5.50. The van der Waals surface area contributed by atoms with E-state index in [1.807, 2.05) is 0 Å². The van der Waals surface area contributed by atoms with Crippen molar-refractivity contribution in [2.45, 2.75) is 51.5 Å². The first-order chi connectivity index (χ1) is 7.59. The van der Waals surface area contributed by atoms with E-state index in [-0.39, 0.29) is 5.54 Å². The molecule has 1 rings (SSSR count). The van der Waals surface area contributed by atoms with Gasteiger partial charge in [0.2, 0.25) is 0 Å². The molecule has 0 aromatic heterocycles. The number of halogens is 1. The van der Waals surface area contributed by atoms with Crippen LogP contribution in [0.5, 0.6) is 0 Å². The van der Waals surface area contributed by atoms with Gasteiger partial charge < -0.3 is 5.73 Å². The molecule has 0 fully saturated rings. The molecule has 1 nitrogen and oxygen atoms in total. The Labute approximate surface area is 108 Å². The molecule has 0 aliphatic heterocycles. The second kappa shape index (κ2) is 6.41. The third-order valence-corrected chi connectivity index (χ3v) is 3.67. The van der Waals surface area contributed by atoms with Gasteiger partial charge in [0.25, 0.3) is 0 Å². The van der Waals surface area contributed by atoms with Gasteiger partial charge in [-0.25, -0.2) is 0 Å². The average molecular weight is 284 g/mol. The Morgan fingerprint density at radius 3 is 2.62 bits per heavy atom. The van der Waals surface area contributed by atoms with Crippen molar-refractivity contribution in [1.29, 1.82) is 0 Å². The van der Waals surface area contributed by atoms with Crippen LogP contribution in [0.3, 0.4) is 0 Å². The summed E-state index contributed by atoms with van der Waals surface area (Å²) in [6, 6.07) is 8.46. The van der Waals surface area contributed by atoms with Crippen molar-refractivity contribution in [1.82, 2.24) is 0 Å². The molecule has 16 heavy (non-hydrogen) atoms. The summed E-state index contributed by atoms with van der Waals surface area (Å²) >= 11 is 3.50. The highest BCUT2D eigenvalue weighted by atomic mass is 79.9. The molecule has 90 valence electrons. The number of unbranched alkanes of at least 4 members (excludes halogenated alkanes) is 1. The Balaban J connectivity index is 2.68. The van der Waals surface area contributed by atoms with Crippen LogP contribution in [0.4, 0.5) is 0 Å². The summed E-state index contributed by atoms with van der Waals surface area (Å²) in [5.41, 5.74) is 7.75. The Morgan fingerprint density at radius 1 is 1.31 bits per heavy atom. The Bertz CT molecular complexity index is 324. The summed E-state index contributed by atoms with van der Waals surface area (Å²) in [4.78, 5) is 0. The standard InChI is InChI=1S/C14H22BrN/c1-3-5-9-14(16,4-2)11-12-7-6-8-13(15)10-12/h6-8,10H,3-5,9,11,16H2,1-2H3. The van der Waals surface area contributed by atoms with E-state index >= 15 is 0 Å². The lowest BCUT2D eigenvalue weighted by Crippen LogP contribution is -2.41. The first-order valence-corrected chi connectivity index (χ1v) is 6.92. The van der Waals surface area contributed by atoms with Gasteiger partial charge in [-0.3, -0.25) is 0 Å². The quantitative estimate of drug-likeness (QED) is 0.828. The van der Waals surface area contributed by atoms with Crippen molar-refractivity contribution in [3.05, 3.63) is 34.3 Å². The van der Waals surface area contributed by atoms with Crippen molar-refractivity contribution in [2.75, 3.05) is 0 Å². The normalized spacial score (nSPS) is 14.8. The predicted molar refractivity (Wildman–Crippen MR) is 74.6 cm³/mol. The van der Waals surface area contributed by atoms with Crippen LogP contribution in [0.1, 0.15) is 45.1 Å². The van der Waals surface area contributed by atoms with Gasteiger partial charge in [-0.2, -0.15) is 0 Å². The van der Waals surface area contributed by atoms with Crippen LogP contribution in [0.2, 0.25) is 0 Å². The molecular formula is C14H22BrN. The molecule has 1 atom stereocenters. The van der Waals surface area contributed by atoms with Gasteiger partial charge in [0.15, 0.2) is 0 Å². The molecule has 1 aromatic rings. The van der Waals surface area contributed by atoms with E-state index < -0.39 is 0 Å². The molecule has 0 aliphatic rings. The van der Waals surface area contributed by atoms with Crippen molar-refractivity contribution in [2.24, 2.45) is 5.73 Å². The van der Waals surface area contributed by atoms with E-state index in [9.17, 15) is 0 Å². The van der Waals surface area contributed by atoms with E-state index in [1.165, 1.54) is 18.4 Å². The van der Waals surface area contributed by atoms with Crippen molar-refractivity contribution in [3.63, 3.8) is 0 Å². The van der Waals surface area contributed by atoms with Gasteiger partial charge in [0.1, 0.15) is 0 Å². The molecule has 0 saturated heterocycles. The largest absolute Gasteiger partial charge is 0.325 e. The average Bonchev–Trinajstić information content (AvgIpc) is 2.26. The van der Waals surface area contributed by atoms with Crippen molar-refractivity contribution >= 4 is 15.9 Å². The summed E-state index contributed by atoms with van der Waals surface area (Å²) in [6.45, 7) is 4.41. The van der Waals surface area contributed by atoms with E-state index in [2.05, 4.69) is 54.0 Å². The molecule has 0 spiro atoms. The van der Waals surface area contributed by atoms with E-state index in [4.69, 9.17) is 5.73 Å². The van der Waals surface area contributed by atoms with Crippen LogP contribution in [0, 0.1) is 0 Å². The zero-order chi connectivity index (χ0) is 12.0. The zero-order valence-corrected chi connectivity index (χ0v) is 11.9. The molecular weight excluding hydrogens is 262 g/mol. The predicted octanol–water partition coefficient (Wildman–Crippen LogP) is 4.29. The molecule has 1 aromatic carbocycles. The topological polar surface area (TPSA) is 26.0 Å². The van der Waals surface area contributed by atoms with Gasteiger partial charge in [0.05, 0.1) is 0 Å². The molecule has 1 unspecified atom stereocenters. The first-order valence-electron chi connectivity index (χ1n) is 6.13. The summed E-state index contributed by atoms with van der Waals surface area (Å²) < 4.78 is 1.14. The van der Waals surface area contributed by atoms with Crippen LogP contribution in [-0.4, -0.2) is 5.54 Å². The minimum Gasteiger partial charge on any atom is -0.325 e. The molecule has 0 saturated carbocycles. The summed E-state index contributed by atoms with van der Waals surface area (Å²) in [5.74, 6) is 0. The van der Waals surface area contributed by atoms with Crippen molar-refractivity contribution < 1.29 is 0 Å². The third kappa shape index (κ3) is 4.26. The number of rotatable bonds is 6. The molecule has 0 bridgehead atoms. The monoisotopic (exact) mass is 283 g/mol. The molecule has 0 aliphatic carbocycles. The molecule has 2 N–H and O–H groups in total. The summed E-state index contributed by atoms with van der Waals surface area (Å²) in [5, 5.41) is 0. The second-order valence-electron chi connectivity index (χ2n) is 4.63. The van der Waals surface area contributed by atoms with Crippen molar-refractivity contribution in [3.8, 4) is 0 Å². The number of hydrogen-bond acceptors (Lipinski definition) is 1. The summed E-state index contributed by atoms with van der Waals surface area (Å²) in [7, 11) is 0. The molecule has 2 heteroatoms. The SMILES string of the molecule is CCCCC(N)(CC)Cc1cccc(Br)c1. The van der Waals surface area contributed by atoms with Crippen LogP contribution < -0.4 is 5.73 Å². The maximum absolute atomic E-state index is 6.45. The zero-order valence-electron chi connectivity index (χ0n) is 10.3.